The van der Waals surface area contributed by atoms with Crippen LogP contribution in [0.4, 0.5) is 5.82 Å². The number of carbonyl (C=O) groups excluding carboxylic acids is 1. The van der Waals surface area contributed by atoms with E-state index in [1.807, 2.05) is 41.8 Å². The SMILES string of the molecule is COc1ccccc1-c1c(C#N)c(N)nc2c1CN(C(=O)c1cccs1)CC2. The molecular formula is C21H18N4O2S. The van der Waals surface area contributed by atoms with Gasteiger partial charge in [0, 0.05) is 36.2 Å². The molecule has 1 aliphatic heterocycles. The van der Waals surface area contributed by atoms with Crippen molar-refractivity contribution in [3.63, 3.8) is 0 Å². The zero-order chi connectivity index (χ0) is 19.7. The molecule has 0 bridgehead atoms. The summed E-state index contributed by atoms with van der Waals surface area (Å²) in [7, 11) is 1.59. The number of amides is 1. The molecule has 7 heteroatoms. The summed E-state index contributed by atoms with van der Waals surface area (Å²) in [5, 5.41) is 11.7. The summed E-state index contributed by atoms with van der Waals surface area (Å²) in [6, 6.07) is 13.4. The summed E-state index contributed by atoms with van der Waals surface area (Å²) in [6.45, 7) is 0.939. The largest absolute Gasteiger partial charge is 0.496 e. The number of hydrogen-bond donors (Lipinski definition) is 1. The number of nitrogen functional groups attached to an aromatic ring is 1. The van der Waals surface area contributed by atoms with Crippen molar-refractivity contribution in [2.75, 3.05) is 19.4 Å². The predicted octanol–water partition coefficient (Wildman–Crippen LogP) is 3.47. The molecule has 4 rings (SSSR count). The number of nitrogens with two attached hydrogens (primary N) is 1. The van der Waals surface area contributed by atoms with Gasteiger partial charge < -0.3 is 15.4 Å². The Morgan fingerprint density at radius 1 is 1.32 bits per heavy atom. The smallest absolute Gasteiger partial charge is 0.264 e. The quantitative estimate of drug-likeness (QED) is 0.739. The Kier molecular flexibility index (Phi) is 4.72. The first-order valence-electron chi connectivity index (χ1n) is 8.81. The molecule has 1 aliphatic rings. The average molecular weight is 390 g/mol. The molecular weight excluding hydrogens is 372 g/mol. The maximum atomic E-state index is 12.9. The minimum atomic E-state index is -0.0121. The Morgan fingerprint density at radius 2 is 2.14 bits per heavy atom. The third-order valence-corrected chi connectivity index (χ3v) is 5.74. The van der Waals surface area contributed by atoms with E-state index in [0.29, 0.717) is 41.3 Å². The first kappa shape index (κ1) is 18.0. The number of pyridine rings is 1. The molecule has 2 aromatic heterocycles. The molecule has 0 spiro atoms. The standard InChI is InChI=1S/C21H18N4O2S/c1-27-17-6-3-2-5-13(17)19-14(11-22)20(23)24-16-8-9-25(12-15(16)19)21(26)18-7-4-10-28-18/h2-7,10H,8-9,12H2,1H3,(H2,23,24). The number of para-hydroxylation sites is 1. The van der Waals surface area contributed by atoms with Crippen LogP contribution in [0.25, 0.3) is 11.1 Å². The summed E-state index contributed by atoms with van der Waals surface area (Å²) >= 11 is 1.42. The number of benzene rings is 1. The number of fused-ring (bicyclic) bond motifs is 1. The number of rotatable bonds is 3. The number of nitrogens with zero attached hydrogens (tertiary/aromatic N) is 3. The number of aromatic nitrogens is 1. The van der Waals surface area contributed by atoms with Crippen LogP contribution in [0.5, 0.6) is 5.75 Å². The zero-order valence-corrected chi connectivity index (χ0v) is 16.1. The van der Waals surface area contributed by atoms with Crippen LogP contribution in [0.3, 0.4) is 0 Å². The van der Waals surface area contributed by atoms with Crippen molar-refractivity contribution >= 4 is 23.1 Å². The molecule has 0 fully saturated rings. The maximum absolute atomic E-state index is 12.9. The number of thiophene rings is 1. The Labute approximate surface area is 166 Å². The Morgan fingerprint density at radius 3 is 2.86 bits per heavy atom. The lowest BCUT2D eigenvalue weighted by Gasteiger charge is -2.30. The first-order valence-corrected chi connectivity index (χ1v) is 9.69. The highest BCUT2D eigenvalue weighted by Gasteiger charge is 2.29. The van der Waals surface area contributed by atoms with Crippen LogP contribution >= 0.6 is 11.3 Å². The van der Waals surface area contributed by atoms with Gasteiger partial charge in [0.1, 0.15) is 23.2 Å². The first-order chi connectivity index (χ1) is 13.6. The Balaban J connectivity index is 1.87. The normalized spacial score (nSPS) is 12.9. The summed E-state index contributed by atoms with van der Waals surface area (Å²) in [5.41, 5.74) is 9.57. The van der Waals surface area contributed by atoms with Crippen molar-refractivity contribution in [1.29, 1.82) is 5.26 Å². The van der Waals surface area contributed by atoms with Crippen LogP contribution in [0.1, 0.15) is 26.5 Å². The van der Waals surface area contributed by atoms with E-state index >= 15 is 0 Å². The van der Waals surface area contributed by atoms with Gasteiger partial charge in [-0.2, -0.15) is 5.26 Å². The van der Waals surface area contributed by atoms with Gasteiger partial charge in [-0.15, -0.1) is 11.3 Å². The van der Waals surface area contributed by atoms with E-state index in [2.05, 4.69) is 11.1 Å². The third-order valence-electron chi connectivity index (χ3n) is 4.89. The molecule has 1 amide bonds. The maximum Gasteiger partial charge on any atom is 0.264 e. The van der Waals surface area contributed by atoms with Gasteiger partial charge in [-0.05, 0) is 17.5 Å². The molecule has 2 N–H and O–H groups in total. The molecule has 3 aromatic rings. The van der Waals surface area contributed by atoms with Gasteiger partial charge in [0.15, 0.2) is 0 Å². The van der Waals surface area contributed by atoms with Crippen LogP contribution in [-0.4, -0.2) is 29.4 Å². The molecule has 6 nitrogen and oxygen atoms in total. The summed E-state index contributed by atoms with van der Waals surface area (Å²) in [4.78, 5) is 19.8. The van der Waals surface area contributed by atoms with E-state index in [1.165, 1.54) is 11.3 Å². The van der Waals surface area contributed by atoms with E-state index in [0.717, 1.165) is 16.8 Å². The second kappa shape index (κ2) is 7.33. The van der Waals surface area contributed by atoms with Crippen molar-refractivity contribution in [3.8, 4) is 22.9 Å². The van der Waals surface area contributed by atoms with Gasteiger partial charge in [0.05, 0.1) is 17.7 Å². The van der Waals surface area contributed by atoms with Crippen LogP contribution in [0.2, 0.25) is 0 Å². The highest BCUT2D eigenvalue weighted by atomic mass is 32.1. The average Bonchev–Trinajstić information content (AvgIpc) is 3.26. The highest BCUT2D eigenvalue weighted by Crippen LogP contribution is 2.39. The molecule has 0 aliphatic carbocycles. The van der Waals surface area contributed by atoms with E-state index in [4.69, 9.17) is 10.5 Å². The van der Waals surface area contributed by atoms with Crippen molar-refractivity contribution in [2.24, 2.45) is 0 Å². The number of hydrogen-bond acceptors (Lipinski definition) is 6. The van der Waals surface area contributed by atoms with Gasteiger partial charge >= 0.3 is 0 Å². The summed E-state index contributed by atoms with van der Waals surface area (Å²) in [6.07, 6.45) is 0.588. The molecule has 0 atom stereocenters. The van der Waals surface area contributed by atoms with E-state index in [-0.39, 0.29) is 11.7 Å². The molecule has 0 saturated heterocycles. The van der Waals surface area contributed by atoms with Crippen LogP contribution in [0, 0.1) is 11.3 Å². The molecule has 0 saturated carbocycles. The van der Waals surface area contributed by atoms with Crippen molar-refractivity contribution < 1.29 is 9.53 Å². The fourth-order valence-electron chi connectivity index (χ4n) is 3.57. The van der Waals surface area contributed by atoms with E-state index in [9.17, 15) is 10.1 Å². The lowest BCUT2D eigenvalue weighted by molar-refractivity contribution is 0.0739. The van der Waals surface area contributed by atoms with Crippen molar-refractivity contribution in [2.45, 2.75) is 13.0 Å². The van der Waals surface area contributed by atoms with Gasteiger partial charge in [-0.25, -0.2) is 4.98 Å². The van der Waals surface area contributed by atoms with Crippen molar-refractivity contribution in [1.82, 2.24) is 9.88 Å². The van der Waals surface area contributed by atoms with Crippen LogP contribution in [0.15, 0.2) is 41.8 Å². The molecule has 28 heavy (non-hydrogen) atoms. The minimum Gasteiger partial charge on any atom is -0.496 e. The topological polar surface area (TPSA) is 92.2 Å². The van der Waals surface area contributed by atoms with E-state index in [1.54, 1.807) is 12.0 Å². The fraction of sp³-hybridized carbons (Fsp3) is 0.190. The fourth-order valence-corrected chi connectivity index (χ4v) is 4.26. The van der Waals surface area contributed by atoms with Gasteiger partial charge in [0.25, 0.3) is 5.91 Å². The number of anilines is 1. The second-order valence-electron chi connectivity index (χ2n) is 6.44. The summed E-state index contributed by atoms with van der Waals surface area (Å²) in [5.74, 6) is 0.843. The minimum absolute atomic E-state index is 0.0121. The number of ether oxygens (including phenoxy) is 1. The second-order valence-corrected chi connectivity index (χ2v) is 7.39. The van der Waals surface area contributed by atoms with Crippen molar-refractivity contribution in [3.05, 3.63) is 63.5 Å². The van der Waals surface area contributed by atoms with Gasteiger partial charge in [-0.1, -0.05) is 24.3 Å². The molecule has 140 valence electrons. The van der Waals surface area contributed by atoms with Crippen LogP contribution in [-0.2, 0) is 13.0 Å². The lowest BCUT2D eigenvalue weighted by Crippen LogP contribution is -2.36. The molecule has 0 radical (unpaired) electrons. The lowest BCUT2D eigenvalue weighted by atomic mass is 9.90. The number of nitriles is 1. The molecule has 1 aromatic carbocycles. The highest BCUT2D eigenvalue weighted by molar-refractivity contribution is 7.12. The Hall–Kier alpha value is -3.37. The van der Waals surface area contributed by atoms with E-state index < -0.39 is 0 Å². The Bertz CT molecular complexity index is 1090. The molecule has 3 heterocycles. The summed E-state index contributed by atoms with van der Waals surface area (Å²) < 4.78 is 5.51. The van der Waals surface area contributed by atoms with Gasteiger partial charge in [0.2, 0.25) is 0 Å². The third kappa shape index (κ3) is 2.98. The monoisotopic (exact) mass is 390 g/mol. The number of carbonyl (C=O) groups is 1. The van der Waals surface area contributed by atoms with Crippen LogP contribution < -0.4 is 10.5 Å². The number of methoxy groups -OCH3 is 1. The molecule has 0 unspecified atom stereocenters. The predicted molar refractivity (Wildman–Crippen MR) is 108 cm³/mol. The van der Waals surface area contributed by atoms with Gasteiger partial charge in [-0.3, -0.25) is 4.79 Å². The zero-order valence-electron chi connectivity index (χ0n) is 15.3.